The molecule has 3 aromatic rings. The average Bonchev–Trinajstić information content (AvgIpc) is 2.88. The Morgan fingerprint density at radius 2 is 1.50 bits per heavy atom. The van der Waals surface area contributed by atoms with Crippen molar-refractivity contribution in [2.45, 2.75) is 33.6 Å². The van der Waals surface area contributed by atoms with E-state index >= 15 is 0 Å². The highest BCUT2D eigenvalue weighted by molar-refractivity contribution is 6.20. The number of carboxylic acid groups (broad SMARTS) is 1. The zero-order valence-electron chi connectivity index (χ0n) is 21.0. The molecule has 0 radical (unpaired) electrons. The van der Waals surface area contributed by atoms with Gasteiger partial charge in [-0.25, -0.2) is 4.79 Å². The molecule has 0 saturated carbocycles. The first kappa shape index (κ1) is 28.0. The Bertz CT molecular complexity index is 1160. The number of hydrogen-bond donors (Lipinski definition) is 2. The summed E-state index contributed by atoms with van der Waals surface area (Å²) in [5.74, 6) is 0.244. The minimum atomic E-state index is -1.10. The smallest absolute Gasteiger partial charge is 0.336 e. The molecule has 2 N–H and O–H groups in total. The lowest BCUT2D eigenvalue weighted by Gasteiger charge is -2.09. The van der Waals surface area contributed by atoms with Crippen molar-refractivity contribution in [2.75, 3.05) is 13.7 Å². The number of phenols is 1. The summed E-state index contributed by atoms with van der Waals surface area (Å²) >= 11 is 0. The number of carbonyl (C=O) groups excluding carboxylic acids is 1. The number of esters is 1. The quantitative estimate of drug-likeness (QED) is 0.193. The number of methoxy groups -OCH3 is 1. The van der Waals surface area contributed by atoms with Crippen molar-refractivity contribution in [2.24, 2.45) is 0 Å². The third-order valence-electron chi connectivity index (χ3n) is 4.94. The highest BCUT2D eigenvalue weighted by Gasteiger charge is 2.12. The van der Waals surface area contributed by atoms with E-state index in [0.29, 0.717) is 47.8 Å². The third kappa shape index (κ3) is 8.51. The molecule has 0 amide bonds. The number of hydrogen-bond acceptors (Lipinski definition) is 6. The van der Waals surface area contributed by atoms with Gasteiger partial charge in [-0.2, -0.15) is 0 Å². The van der Waals surface area contributed by atoms with Crippen LogP contribution in [0.1, 0.15) is 43.9 Å². The summed E-state index contributed by atoms with van der Waals surface area (Å²) < 4.78 is 15.9. The van der Waals surface area contributed by atoms with Gasteiger partial charge in [0.05, 0.1) is 19.3 Å². The van der Waals surface area contributed by atoms with Crippen LogP contribution < -0.4 is 9.47 Å². The molecular formula is C29H32O7. The number of benzene rings is 3. The minimum absolute atomic E-state index is 0.0222. The molecule has 0 aliphatic rings. The van der Waals surface area contributed by atoms with E-state index in [1.807, 2.05) is 38.1 Å². The van der Waals surface area contributed by atoms with Crippen LogP contribution in [0.5, 0.6) is 23.0 Å². The third-order valence-corrected chi connectivity index (χ3v) is 4.94. The van der Waals surface area contributed by atoms with E-state index in [0.717, 1.165) is 5.56 Å². The van der Waals surface area contributed by atoms with Gasteiger partial charge in [0.2, 0.25) is 0 Å². The molecule has 0 fully saturated rings. The van der Waals surface area contributed by atoms with Gasteiger partial charge in [0.15, 0.2) is 0 Å². The van der Waals surface area contributed by atoms with Gasteiger partial charge in [0.1, 0.15) is 23.0 Å². The minimum Gasteiger partial charge on any atom is -0.508 e. The van der Waals surface area contributed by atoms with Crippen LogP contribution in [0.2, 0.25) is 0 Å². The van der Waals surface area contributed by atoms with Gasteiger partial charge >= 0.3 is 11.9 Å². The largest absolute Gasteiger partial charge is 0.508 e. The monoisotopic (exact) mass is 492 g/mol. The fourth-order valence-electron chi connectivity index (χ4n) is 3.28. The molecule has 7 heteroatoms. The Hall–Kier alpha value is -4.26. The van der Waals surface area contributed by atoms with Crippen LogP contribution in [0.25, 0.3) is 11.6 Å². The molecule has 0 saturated heterocycles. The summed E-state index contributed by atoms with van der Waals surface area (Å²) in [4.78, 5) is 23.3. The Labute approximate surface area is 211 Å². The highest BCUT2D eigenvalue weighted by Crippen LogP contribution is 2.28. The van der Waals surface area contributed by atoms with Gasteiger partial charge in [-0.3, -0.25) is 4.79 Å². The van der Waals surface area contributed by atoms with Crippen molar-refractivity contribution in [3.05, 3.63) is 83.4 Å². The predicted molar refractivity (Wildman–Crippen MR) is 139 cm³/mol. The van der Waals surface area contributed by atoms with E-state index in [4.69, 9.17) is 14.2 Å². The number of carboxylic acids is 1. The molecule has 36 heavy (non-hydrogen) atoms. The summed E-state index contributed by atoms with van der Waals surface area (Å²) in [6.07, 6.45) is 2.38. The summed E-state index contributed by atoms with van der Waals surface area (Å²) in [6, 6.07) is 18.6. The standard InChI is InChI=1S/C27H26O7.C2H6/c1-3-33-26(29)13-6-18-4-9-22(10-5-18)34-23-11-7-20(8-12-23)25(27(30)31)16-19-14-21(28)17-24(15-19)32-2;1-2/h4-5,7-12,14-17,28H,3,6,13H2,1-2H3,(H,30,31);1-2H3/b25-16+;. The molecule has 0 heterocycles. The van der Waals surface area contributed by atoms with Gasteiger partial charge in [-0.15, -0.1) is 0 Å². The highest BCUT2D eigenvalue weighted by atomic mass is 16.5. The Morgan fingerprint density at radius 1 is 0.889 bits per heavy atom. The maximum atomic E-state index is 11.9. The normalized spacial score (nSPS) is 10.6. The second kappa shape index (κ2) is 14.2. The Balaban J connectivity index is 0.00000222. The lowest BCUT2D eigenvalue weighted by molar-refractivity contribution is -0.143. The van der Waals surface area contributed by atoms with E-state index in [9.17, 15) is 19.8 Å². The number of ether oxygens (including phenoxy) is 3. The molecular weight excluding hydrogens is 460 g/mol. The fourth-order valence-corrected chi connectivity index (χ4v) is 3.28. The summed E-state index contributed by atoms with van der Waals surface area (Å²) in [6.45, 7) is 6.15. The SMILES string of the molecule is CC.CCOC(=O)CCc1ccc(Oc2ccc(/C(=C\c3cc(O)cc(OC)c3)C(=O)O)cc2)cc1. The average molecular weight is 493 g/mol. The second-order valence-corrected chi connectivity index (χ2v) is 7.40. The zero-order chi connectivity index (χ0) is 26.5. The molecule has 3 rings (SSSR count). The summed E-state index contributed by atoms with van der Waals surface area (Å²) in [5, 5.41) is 19.5. The van der Waals surface area contributed by atoms with Gasteiger partial charge in [-0.05, 0) is 72.5 Å². The van der Waals surface area contributed by atoms with Crippen LogP contribution in [0, 0.1) is 0 Å². The molecule has 0 atom stereocenters. The number of phenolic OH excluding ortho intramolecular Hbond substituents is 1. The number of aryl methyl sites for hydroxylation is 1. The second-order valence-electron chi connectivity index (χ2n) is 7.40. The molecule has 3 aromatic carbocycles. The fraction of sp³-hybridized carbons (Fsp3) is 0.241. The topological polar surface area (TPSA) is 102 Å². The molecule has 7 nitrogen and oxygen atoms in total. The van der Waals surface area contributed by atoms with E-state index in [1.54, 1.807) is 37.3 Å². The van der Waals surface area contributed by atoms with E-state index in [1.165, 1.54) is 25.3 Å². The van der Waals surface area contributed by atoms with Gasteiger partial charge in [0.25, 0.3) is 0 Å². The van der Waals surface area contributed by atoms with Crippen LogP contribution in [-0.2, 0) is 20.7 Å². The molecule has 0 unspecified atom stereocenters. The molecule has 190 valence electrons. The zero-order valence-corrected chi connectivity index (χ0v) is 21.0. The maximum Gasteiger partial charge on any atom is 0.336 e. The lowest BCUT2D eigenvalue weighted by Crippen LogP contribution is -2.05. The molecule has 0 aromatic heterocycles. The number of carbonyl (C=O) groups is 2. The van der Waals surface area contributed by atoms with Crippen molar-refractivity contribution >= 4 is 23.6 Å². The van der Waals surface area contributed by atoms with Crippen LogP contribution in [0.4, 0.5) is 0 Å². The maximum absolute atomic E-state index is 11.9. The van der Waals surface area contributed by atoms with Crippen molar-refractivity contribution in [1.82, 2.24) is 0 Å². The first-order chi connectivity index (χ1) is 17.4. The van der Waals surface area contributed by atoms with Crippen LogP contribution in [-0.4, -0.2) is 35.9 Å². The van der Waals surface area contributed by atoms with Crippen molar-refractivity contribution < 1.29 is 34.0 Å². The molecule has 0 aliphatic carbocycles. The predicted octanol–water partition coefficient (Wildman–Crippen LogP) is 6.34. The Kier molecular flexibility index (Phi) is 11.0. The van der Waals surface area contributed by atoms with E-state index in [-0.39, 0.29) is 17.3 Å². The molecule has 0 aliphatic heterocycles. The molecule has 0 spiro atoms. The van der Waals surface area contributed by atoms with Crippen LogP contribution in [0.15, 0.2) is 66.7 Å². The lowest BCUT2D eigenvalue weighted by atomic mass is 10.0. The Morgan fingerprint density at radius 3 is 2.06 bits per heavy atom. The van der Waals surface area contributed by atoms with Crippen LogP contribution in [0.3, 0.4) is 0 Å². The van der Waals surface area contributed by atoms with E-state index < -0.39 is 5.97 Å². The first-order valence-corrected chi connectivity index (χ1v) is 11.7. The van der Waals surface area contributed by atoms with Crippen LogP contribution >= 0.6 is 0 Å². The number of aliphatic carboxylic acids is 1. The van der Waals surface area contributed by atoms with E-state index in [2.05, 4.69) is 0 Å². The number of rotatable bonds is 10. The summed E-state index contributed by atoms with van der Waals surface area (Å²) in [7, 11) is 1.47. The van der Waals surface area contributed by atoms with Gasteiger partial charge in [0, 0.05) is 12.5 Å². The number of aromatic hydroxyl groups is 1. The first-order valence-electron chi connectivity index (χ1n) is 11.7. The van der Waals surface area contributed by atoms with Gasteiger partial charge < -0.3 is 24.4 Å². The van der Waals surface area contributed by atoms with Gasteiger partial charge in [-0.1, -0.05) is 38.1 Å². The van der Waals surface area contributed by atoms with Crippen molar-refractivity contribution in [3.8, 4) is 23.0 Å². The van der Waals surface area contributed by atoms with Crippen molar-refractivity contribution in [3.63, 3.8) is 0 Å². The molecule has 0 bridgehead atoms. The van der Waals surface area contributed by atoms with Crippen molar-refractivity contribution in [1.29, 1.82) is 0 Å². The summed E-state index contributed by atoms with van der Waals surface area (Å²) in [5.41, 5.74) is 2.04.